The summed E-state index contributed by atoms with van der Waals surface area (Å²) < 4.78 is 10.5. The van der Waals surface area contributed by atoms with Gasteiger partial charge in [-0.25, -0.2) is 0 Å². The fourth-order valence-corrected chi connectivity index (χ4v) is 4.12. The molecule has 1 aliphatic heterocycles. The number of rotatable bonds is 7. The summed E-state index contributed by atoms with van der Waals surface area (Å²) in [5, 5.41) is 2.51. The average molecular weight is 355 g/mol. The zero-order chi connectivity index (χ0) is 18.7. The van der Waals surface area contributed by atoms with Crippen LogP contribution in [-0.4, -0.2) is 33.3 Å². The van der Waals surface area contributed by atoms with Gasteiger partial charge >= 0.3 is 5.97 Å². The van der Waals surface area contributed by atoms with Gasteiger partial charge in [0, 0.05) is 35.9 Å². The summed E-state index contributed by atoms with van der Waals surface area (Å²) in [4.78, 5) is 13.7. The van der Waals surface area contributed by atoms with Crippen LogP contribution in [0, 0.1) is 0 Å². The molecule has 0 atom stereocenters. The molecule has 26 heavy (non-hydrogen) atoms. The van der Waals surface area contributed by atoms with Gasteiger partial charge in [-0.2, -0.15) is 0 Å². The highest BCUT2D eigenvalue weighted by atomic mass is 16.5. The Hall–Kier alpha value is -2.23. The quantitative estimate of drug-likeness (QED) is 0.534. The molecule has 2 aromatic rings. The number of esters is 1. The van der Waals surface area contributed by atoms with Gasteiger partial charge in [-0.3, -0.25) is 4.79 Å². The lowest BCUT2D eigenvalue weighted by Crippen LogP contribution is -2.29. The molecule has 0 unspecified atom stereocenters. The van der Waals surface area contributed by atoms with E-state index in [2.05, 4.69) is 49.1 Å². The van der Waals surface area contributed by atoms with E-state index in [1.54, 1.807) is 7.11 Å². The topological polar surface area (TPSA) is 38.8 Å². The van der Waals surface area contributed by atoms with Gasteiger partial charge in [-0.05, 0) is 24.3 Å². The Bertz CT molecular complexity index is 797. The number of carbonyl (C=O) groups is 1. The number of nitrogens with zero attached hydrogens (tertiary/aromatic N) is 1. The summed E-state index contributed by atoms with van der Waals surface area (Å²) in [6.45, 7) is 6.57. The number of carbonyl (C=O) groups excluding carboxylic acids is 1. The molecule has 2 aromatic carbocycles. The lowest BCUT2D eigenvalue weighted by molar-refractivity contribution is -0.140. The molecule has 0 N–H and O–H groups in total. The predicted octanol–water partition coefficient (Wildman–Crippen LogP) is 4.68. The zero-order valence-electron chi connectivity index (χ0n) is 16.3. The van der Waals surface area contributed by atoms with Gasteiger partial charge in [0.1, 0.15) is 5.75 Å². The molecule has 4 heteroatoms. The molecular weight excluding hydrogens is 326 g/mol. The highest BCUT2D eigenvalue weighted by molar-refractivity contribution is 5.99. The second kappa shape index (κ2) is 7.56. The maximum atomic E-state index is 11.3. The van der Waals surface area contributed by atoms with E-state index in [9.17, 15) is 4.79 Å². The first kappa shape index (κ1) is 18.6. The Morgan fingerprint density at radius 3 is 2.65 bits per heavy atom. The van der Waals surface area contributed by atoms with Crippen molar-refractivity contribution in [3.63, 3.8) is 0 Å². The maximum Gasteiger partial charge on any atom is 0.305 e. The van der Waals surface area contributed by atoms with Crippen LogP contribution < -0.4 is 9.64 Å². The minimum absolute atomic E-state index is 0.0523. The molecule has 0 aliphatic carbocycles. The number of hydrogen-bond acceptors (Lipinski definition) is 4. The van der Waals surface area contributed by atoms with Crippen molar-refractivity contribution >= 4 is 22.4 Å². The van der Waals surface area contributed by atoms with Gasteiger partial charge in [0.2, 0.25) is 0 Å². The van der Waals surface area contributed by atoms with E-state index in [4.69, 9.17) is 9.47 Å². The first-order valence-corrected chi connectivity index (χ1v) is 9.40. The number of hydrogen-bond donors (Lipinski definition) is 0. The first-order valence-electron chi connectivity index (χ1n) is 9.40. The van der Waals surface area contributed by atoms with Crippen molar-refractivity contribution in [1.29, 1.82) is 0 Å². The minimum atomic E-state index is -0.117. The Labute approximate surface area is 156 Å². The van der Waals surface area contributed by atoms with Gasteiger partial charge in [0.05, 0.1) is 19.9 Å². The standard InChI is InChI=1S/C22H29NO3/c1-22(2)15-23(13-9-5-6-12-19(24)26-4)21-17-11-8-7-10-16(17)14-18(25-3)20(21)22/h7-8,10-11,14H,5-6,9,12-13,15H2,1-4H3. The van der Waals surface area contributed by atoms with Crippen molar-refractivity contribution in [2.24, 2.45) is 0 Å². The summed E-state index contributed by atoms with van der Waals surface area (Å²) in [6.07, 6.45) is 3.49. The Balaban J connectivity index is 1.83. The third-order valence-electron chi connectivity index (χ3n) is 5.32. The van der Waals surface area contributed by atoms with Crippen LogP contribution in [-0.2, 0) is 14.9 Å². The number of unbranched alkanes of at least 4 members (excludes halogenated alkanes) is 2. The fourth-order valence-electron chi connectivity index (χ4n) is 4.12. The maximum absolute atomic E-state index is 11.3. The molecule has 0 saturated carbocycles. The molecule has 1 aliphatic rings. The highest BCUT2D eigenvalue weighted by Gasteiger charge is 2.38. The monoisotopic (exact) mass is 355 g/mol. The van der Waals surface area contributed by atoms with Gasteiger partial charge in [0.25, 0.3) is 0 Å². The summed E-state index contributed by atoms with van der Waals surface area (Å²) >= 11 is 0. The van der Waals surface area contributed by atoms with Crippen LogP contribution in [0.5, 0.6) is 5.75 Å². The zero-order valence-corrected chi connectivity index (χ0v) is 16.3. The molecule has 1 heterocycles. The van der Waals surface area contributed by atoms with Crippen molar-refractivity contribution in [2.45, 2.75) is 44.9 Å². The van der Waals surface area contributed by atoms with Crippen LogP contribution in [0.2, 0.25) is 0 Å². The van der Waals surface area contributed by atoms with Crippen molar-refractivity contribution in [3.05, 3.63) is 35.9 Å². The highest BCUT2D eigenvalue weighted by Crippen LogP contribution is 2.49. The number of methoxy groups -OCH3 is 2. The van der Waals surface area contributed by atoms with E-state index in [1.807, 2.05) is 0 Å². The van der Waals surface area contributed by atoms with E-state index in [0.717, 1.165) is 38.1 Å². The normalized spacial score (nSPS) is 15.2. The molecule has 0 radical (unpaired) electrons. The molecule has 0 fully saturated rings. The SMILES string of the molecule is COC(=O)CCCCCN1CC(C)(C)c2c(OC)cc3ccccc3c21. The Morgan fingerprint density at radius 2 is 1.92 bits per heavy atom. The van der Waals surface area contributed by atoms with Crippen LogP contribution in [0.25, 0.3) is 10.8 Å². The second-order valence-corrected chi connectivity index (χ2v) is 7.72. The first-order chi connectivity index (χ1) is 12.5. The van der Waals surface area contributed by atoms with Crippen LogP contribution in [0.3, 0.4) is 0 Å². The number of fused-ring (bicyclic) bond motifs is 3. The molecule has 0 saturated heterocycles. The molecule has 0 amide bonds. The number of benzene rings is 2. The van der Waals surface area contributed by atoms with E-state index in [0.29, 0.717) is 6.42 Å². The molecule has 0 aromatic heterocycles. The van der Waals surface area contributed by atoms with E-state index in [-0.39, 0.29) is 11.4 Å². The lowest BCUT2D eigenvalue weighted by atomic mass is 9.85. The Kier molecular flexibility index (Phi) is 5.40. The third kappa shape index (κ3) is 3.50. The number of anilines is 1. The summed E-state index contributed by atoms with van der Waals surface area (Å²) in [7, 11) is 3.21. The average Bonchev–Trinajstić information content (AvgIpc) is 2.91. The van der Waals surface area contributed by atoms with Gasteiger partial charge in [-0.15, -0.1) is 0 Å². The second-order valence-electron chi connectivity index (χ2n) is 7.72. The third-order valence-corrected chi connectivity index (χ3v) is 5.32. The smallest absolute Gasteiger partial charge is 0.305 e. The van der Waals surface area contributed by atoms with E-state index < -0.39 is 0 Å². The Morgan fingerprint density at radius 1 is 1.15 bits per heavy atom. The van der Waals surface area contributed by atoms with Gasteiger partial charge in [0.15, 0.2) is 0 Å². The van der Waals surface area contributed by atoms with Crippen LogP contribution in [0.4, 0.5) is 5.69 Å². The van der Waals surface area contributed by atoms with Crippen LogP contribution in [0.15, 0.2) is 30.3 Å². The largest absolute Gasteiger partial charge is 0.496 e. The van der Waals surface area contributed by atoms with Crippen molar-refractivity contribution in [3.8, 4) is 5.75 Å². The van der Waals surface area contributed by atoms with Crippen LogP contribution >= 0.6 is 0 Å². The number of ether oxygens (including phenoxy) is 2. The summed E-state index contributed by atoms with van der Waals surface area (Å²) in [5.74, 6) is 0.866. The van der Waals surface area contributed by atoms with Gasteiger partial charge < -0.3 is 14.4 Å². The summed E-state index contributed by atoms with van der Waals surface area (Å²) in [5.41, 5.74) is 2.68. The van der Waals surface area contributed by atoms with Gasteiger partial charge in [-0.1, -0.05) is 44.5 Å². The van der Waals surface area contributed by atoms with E-state index in [1.165, 1.54) is 29.1 Å². The van der Waals surface area contributed by atoms with E-state index >= 15 is 0 Å². The van der Waals surface area contributed by atoms with Crippen molar-refractivity contribution in [2.75, 3.05) is 32.2 Å². The molecule has 140 valence electrons. The fraction of sp³-hybridized carbons (Fsp3) is 0.500. The molecule has 0 spiro atoms. The molecular formula is C22H29NO3. The lowest BCUT2D eigenvalue weighted by Gasteiger charge is -2.22. The molecule has 3 rings (SSSR count). The minimum Gasteiger partial charge on any atom is -0.496 e. The van der Waals surface area contributed by atoms with Crippen molar-refractivity contribution < 1.29 is 14.3 Å². The van der Waals surface area contributed by atoms with Crippen molar-refractivity contribution in [1.82, 2.24) is 0 Å². The molecule has 4 nitrogen and oxygen atoms in total. The van der Waals surface area contributed by atoms with Crippen LogP contribution in [0.1, 0.15) is 45.1 Å². The summed E-state index contributed by atoms with van der Waals surface area (Å²) in [6, 6.07) is 10.7. The predicted molar refractivity (Wildman–Crippen MR) is 106 cm³/mol. The molecule has 0 bridgehead atoms.